The molecule has 0 spiro atoms. The summed E-state index contributed by atoms with van der Waals surface area (Å²) in [6, 6.07) is 12.5. The molecule has 0 atom stereocenters. The highest BCUT2D eigenvalue weighted by atomic mass is 32.2. The standard InChI is InChI=1S/C20H16N2O3S2/c1-4-10-22-16-9-8-14(19(24)25-2)12-17(16)27-20(22)21-18(23)13-6-5-7-15(11-13)26-3/h1,5-9,11-12H,10H2,2-3H3. The van der Waals surface area contributed by atoms with Crippen molar-refractivity contribution >= 4 is 45.2 Å². The van der Waals surface area contributed by atoms with Crippen LogP contribution in [-0.4, -0.2) is 29.8 Å². The summed E-state index contributed by atoms with van der Waals surface area (Å²) in [7, 11) is 1.33. The van der Waals surface area contributed by atoms with E-state index in [4.69, 9.17) is 11.2 Å². The van der Waals surface area contributed by atoms with Gasteiger partial charge in [0.1, 0.15) is 0 Å². The SMILES string of the molecule is C#CCn1c(=NC(=O)c2cccc(SC)c2)sc2cc(C(=O)OC)ccc21. The summed E-state index contributed by atoms with van der Waals surface area (Å²) in [6.45, 7) is 0.272. The van der Waals surface area contributed by atoms with Crippen LogP contribution in [0.2, 0.25) is 0 Å². The van der Waals surface area contributed by atoms with E-state index in [0.717, 1.165) is 15.1 Å². The Balaban J connectivity index is 2.12. The third-order valence-electron chi connectivity index (χ3n) is 3.87. The zero-order valence-electron chi connectivity index (χ0n) is 14.8. The number of nitrogens with zero attached hydrogens (tertiary/aromatic N) is 2. The Morgan fingerprint density at radius 3 is 2.78 bits per heavy atom. The number of amides is 1. The number of thioether (sulfide) groups is 1. The van der Waals surface area contributed by atoms with Gasteiger partial charge in [-0.25, -0.2) is 4.79 Å². The minimum atomic E-state index is -0.419. The van der Waals surface area contributed by atoms with Crippen LogP contribution in [0.15, 0.2) is 52.4 Å². The van der Waals surface area contributed by atoms with Crippen molar-refractivity contribution in [3.63, 3.8) is 0 Å². The van der Waals surface area contributed by atoms with Crippen molar-refractivity contribution in [2.24, 2.45) is 4.99 Å². The van der Waals surface area contributed by atoms with Crippen molar-refractivity contribution in [2.45, 2.75) is 11.4 Å². The van der Waals surface area contributed by atoms with Gasteiger partial charge in [0, 0.05) is 10.5 Å². The Morgan fingerprint density at radius 2 is 2.07 bits per heavy atom. The molecule has 136 valence electrons. The van der Waals surface area contributed by atoms with Gasteiger partial charge in [0.25, 0.3) is 5.91 Å². The number of carbonyl (C=O) groups is 2. The average Bonchev–Trinajstić information content (AvgIpc) is 3.04. The van der Waals surface area contributed by atoms with Crippen LogP contribution in [0.25, 0.3) is 10.2 Å². The quantitative estimate of drug-likeness (QED) is 0.384. The number of terminal acetylenes is 1. The Hall–Kier alpha value is -2.82. The lowest BCUT2D eigenvalue weighted by Crippen LogP contribution is -2.16. The number of esters is 1. The van der Waals surface area contributed by atoms with E-state index in [-0.39, 0.29) is 12.5 Å². The maximum atomic E-state index is 12.6. The summed E-state index contributed by atoms with van der Waals surface area (Å²) in [5.41, 5.74) is 1.77. The molecule has 7 heteroatoms. The molecule has 5 nitrogen and oxygen atoms in total. The van der Waals surface area contributed by atoms with E-state index in [2.05, 4.69) is 10.9 Å². The van der Waals surface area contributed by atoms with Gasteiger partial charge >= 0.3 is 5.97 Å². The second kappa shape index (κ2) is 8.25. The van der Waals surface area contributed by atoms with Gasteiger partial charge in [-0.3, -0.25) is 4.79 Å². The highest BCUT2D eigenvalue weighted by Gasteiger charge is 2.12. The van der Waals surface area contributed by atoms with Crippen LogP contribution in [0, 0.1) is 12.3 Å². The van der Waals surface area contributed by atoms with Crippen molar-refractivity contribution in [2.75, 3.05) is 13.4 Å². The number of ether oxygens (including phenoxy) is 1. The number of rotatable bonds is 4. The van der Waals surface area contributed by atoms with Gasteiger partial charge in [-0.15, -0.1) is 18.2 Å². The number of benzene rings is 2. The first-order valence-electron chi connectivity index (χ1n) is 7.95. The molecular formula is C20H16N2O3S2. The van der Waals surface area contributed by atoms with Crippen molar-refractivity contribution < 1.29 is 14.3 Å². The van der Waals surface area contributed by atoms with E-state index in [0.29, 0.717) is 15.9 Å². The first-order valence-corrected chi connectivity index (χ1v) is 9.99. The molecule has 0 saturated carbocycles. The third-order valence-corrected chi connectivity index (χ3v) is 5.63. The Bertz CT molecular complexity index is 1140. The van der Waals surface area contributed by atoms with Crippen LogP contribution in [0.3, 0.4) is 0 Å². The molecule has 0 aliphatic heterocycles. The van der Waals surface area contributed by atoms with E-state index < -0.39 is 5.97 Å². The number of hydrogen-bond acceptors (Lipinski definition) is 5. The van der Waals surface area contributed by atoms with Gasteiger partial charge < -0.3 is 9.30 Å². The van der Waals surface area contributed by atoms with E-state index >= 15 is 0 Å². The molecule has 0 saturated heterocycles. The van der Waals surface area contributed by atoms with Gasteiger partial charge in [-0.05, 0) is 42.7 Å². The molecular weight excluding hydrogens is 380 g/mol. The highest BCUT2D eigenvalue weighted by Crippen LogP contribution is 2.20. The second-order valence-corrected chi connectivity index (χ2v) is 7.39. The molecule has 0 fully saturated rings. The molecule has 27 heavy (non-hydrogen) atoms. The molecule has 1 amide bonds. The first kappa shape index (κ1) is 19.0. The summed E-state index contributed by atoms with van der Waals surface area (Å²) < 4.78 is 7.35. The first-order chi connectivity index (χ1) is 13.1. The van der Waals surface area contributed by atoms with E-state index in [1.165, 1.54) is 18.4 Å². The topological polar surface area (TPSA) is 60.7 Å². The lowest BCUT2D eigenvalue weighted by Gasteiger charge is -2.02. The monoisotopic (exact) mass is 396 g/mol. The van der Waals surface area contributed by atoms with Gasteiger partial charge in [0.05, 0.1) is 29.4 Å². The fourth-order valence-electron chi connectivity index (χ4n) is 2.55. The predicted molar refractivity (Wildman–Crippen MR) is 108 cm³/mol. The maximum absolute atomic E-state index is 12.6. The van der Waals surface area contributed by atoms with Crippen LogP contribution >= 0.6 is 23.1 Å². The molecule has 0 N–H and O–H groups in total. The molecule has 2 aromatic carbocycles. The summed E-state index contributed by atoms with van der Waals surface area (Å²) in [6.07, 6.45) is 7.44. The average molecular weight is 396 g/mol. The van der Waals surface area contributed by atoms with Crippen molar-refractivity contribution in [1.29, 1.82) is 0 Å². The molecule has 0 unspecified atom stereocenters. The zero-order valence-corrected chi connectivity index (χ0v) is 16.4. The molecule has 3 rings (SSSR count). The Morgan fingerprint density at radius 1 is 1.26 bits per heavy atom. The minimum Gasteiger partial charge on any atom is -0.465 e. The van der Waals surface area contributed by atoms with Crippen LogP contribution in [0.5, 0.6) is 0 Å². The number of methoxy groups -OCH3 is 1. The van der Waals surface area contributed by atoms with E-state index in [1.54, 1.807) is 40.6 Å². The fourth-order valence-corrected chi connectivity index (χ4v) is 4.08. The van der Waals surface area contributed by atoms with Gasteiger partial charge in [-0.2, -0.15) is 4.99 Å². The summed E-state index contributed by atoms with van der Waals surface area (Å²) in [4.78, 5) is 30.1. The number of hydrogen-bond donors (Lipinski definition) is 0. The summed E-state index contributed by atoms with van der Waals surface area (Å²) in [5, 5.41) is 0. The lowest BCUT2D eigenvalue weighted by atomic mass is 10.2. The van der Waals surface area contributed by atoms with Gasteiger partial charge in [0.2, 0.25) is 0 Å². The molecule has 0 aliphatic rings. The number of fused-ring (bicyclic) bond motifs is 1. The largest absolute Gasteiger partial charge is 0.465 e. The van der Waals surface area contributed by atoms with Crippen molar-refractivity contribution in [3.05, 3.63) is 58.4 Å². The van der Waals surface area contributed by atoms with Crippen LogP contribution in [0.4, 0.5) is 0 Å². The van der Waals surface area contributed by atoms with Crippen molar-refractivity contribution in [1.82, 2.24) is 4.57 Å². The molecule has 0 bridgehead atoms. The maximum Gasteiger partial charge on any atom is 0.337 e. The highest BCUT2D eigenvalue weighted by molar-refractivity contribution is 7.98. The molecule has 0 radical (unpaired) electrons. The molecule has 1 aromatic heterocycles. The lowest BCUT2D eigenvalue weighted by molar-refractivity contribution is 0.0601. The van der Waals surface area contributed by atoms with Crippen LogP contribution < -0.4 is 4.80 Å². The third kappa shape index (κ3) is 3.97. The van der Waals surface area contributed by atoms with Crippen molar-refractivity contribution in [3.8, 4) is 12.3 Å². The van der Waals surface area contributed by atoms with E-state index in [9.17, 15) is 9.59 Å². The van der Waals surface area contributed by atoms with E-state index in [1.807, 2.05) is 24.5 Å². The number of thiazole rings is 1. The smallest absolute Gasteiger partial charge is 0.337 e. The Kier molecular flexibility index (Phi) is 5.79. The Labute approximate surface area is 164 Å². The summed E-state index contributed by atoms with van der Waals surface area (Å²) >= 11 is 2.87. The van der Waals surface area contributed by atoms with Gasteiger partial charge in [0.15, 0.2) is 4.80 Å². The molecule has 3 aromatic rings. The zero-order chi connectivity index (χ0) is 19.4. The normalized spacial score (nSPS) is 11.4. The molecule has 1 heterocycles. The van der Waals surface area contributed by atoms with Gasteiger partial charge in [-0.1, -0.05) is 23.3 Å². The molecule has 0 aliphatic carbocycles. The number of carbonyl (C=O) groups excluding carboxylic acids is 2. The van der Waals surface area contributed by atoms with Crippen LogP contribution in [-0.2, 0) is 11.3 Å². The fraction of sp³-hybridized carbons (Fsp3) is 0.150. The summed E-state index contributed by atoms with van der Waals surface area (Å²) in [5.74, 6) is 1.83. The van der Waals surface area contributed by atoms with Crippen LogP contribution in [0.1, 0.15) is 20.7 Å². The minimum absolute atomic E-state index is 0.272. The predicted octanol–water partition coefficient (Wildman–Crippen LogP) is 3.59. The number of aromatic nitrogens is 1. The second-order valence-electron chi connectivity index (χ2n) is 5.50.